The Morgan fingerprint density at radius 1 is 1.25 bits per heavy atom. The van der Waals surface area contributed by atoms with Crippen molar-refractivity contribution in [3.8, 4) is 0 Å². The maximum absolute atomic E-state index is 13.1. The number of fused-ring (bicyclic) bond motifs is 1. The highest BCUT2D eigenvalue weighted by Crippen LogP contribution is 2.19. The van der Waals surface area contributed by atoms with Crippen molar-refractivity contribution < 1.29 is 9.18 Å². The van der Waals surface area contributed by atoms with Crippen LogP contribution in [0, 0.1) is 5.82 Å². The van der Waals surface area contributed by atoms with Gasteiger partial charge < -0.3 is 10.3 Å². The Hall–Kier alpha value is -2.40. The molecule has 0 spiro atoms. The van der Waals surface area contributed by atoms with Gasteiger partial charge in [-0.1, -0.05) is 6.07 Å². The SMILES string of the molecule is O=C(Nc1ccc2nc(Cl)[nH]c2c1)c1cccc(F)c1. The van der Waals surface area contributed by atoms with Gasteiger partial charge in [-0.05, 0) is 48.0 Å². The van der Waals surface area contributed by atoms with Crippen LogP contribution in [-0.2, 0) is 0 Å². The number of nitrogens with one attached hydrogen (secondary N) is 2. The van der Waals surface area contributed by atoms with Gasteiger partial charge in [-0.25, -0.2) is 9.37 Å². The Morgan fingerprint density at radius 2 is 2.10 bits per heavy atom. The quantitative estimate of drug-likeness (QED) is 0.757. The number of carbonyl (C=O) groups excluding carboxylic acids is 1. The lowest BCUT2D eigenvalue weighted by atomic mass is 10.2. The van der Waals surface area contributed by atoms with E-state index < -0.39 is 5.82 Å². The smallest absolute Gasteiger partial charge is 0.255 e. The molecule has 1 heterocycles. The molecule has 0 saturated carbocycles. The van der Waals surface area contributed by atoms with E-state index in [9.17, 15) is 9.18 Å². The van der Waals surface area contributed by atoms with E-state index in [4.69, 9.17) is 11.6 Å². The number of anilines is 1. The first-order valence-electron chi connectivity index (χ1n) is 5.84. The number of carbonyl (C=O) groups is 1. The highest BCUT2D eigenvalue weighted by Gasteiger charge is 2.08. The maximum Gasteiger partial charge on any atom is 0.255 e. The van der Waals surface area contributed by atoms with Crippen LogP contribution in [0.15, 0.2) is 42.5 Å². The molecule has 3 aromatic rings. The van der Waals surface area contributed by atoms with Crippen molar-refractivity contribution in [3.63, 3.8) is 0 Å². The minimum absolute atomic E-state index is 0.257. The third-order valence-corrected chi connectivity index (χ3v) is 2.98. The number of hydrogen-bond donors (Lipinski definition) is 2. The molecule has 6 heteroatoms. The lowest BCUT2D eigenvalue weighted by Gasteiger charge is -2.05. The molecule has 0 saturated heterocycles. The summed E-state index contributed by atoms with van der Waals surface area (Å²) in [6.07, 6.45) is 0. The van der Waals surface area contributed by atoms with Gasteiger partial charge in [-0.3, -0.25) is 4.79 Å². The molecule has 2 N–H and O–H groups in total. The van der Waals surface area contributed by atoms with Gasteiger partial charge in [-0.2, -0.15) is 0 Å². The van der Waals surface area contributed by atoms with Gasteiger partial charge in [-0.15, -0.1) is 0 Å². The normalized spacial score (nSPS) is 10.7. The Kier molecular flexibility index (Phi) is 3.12. The predicted octanol–water partition coefficient (Wildman–Crippen LogP) is 3.61. The number of nitrogens with zero attached hydrogens (tertiary/aromatic N) is 1. The fraction of sp³-hybridized carbons (Fsp3) is 0. The summed E-state index contributed by atoms with van der Waals surface area (Å²) < 4.78 is 13.1. The largest absolute Gasteiger partial charge is 0.329 e. The molecule has 0 radical (unpaired) electrons. The van der Waals surface area contributed by atoms with Crippen LogP contribution < -0.4 is 5.32 Å². The molecule has 0 aliphatic rings. The Bertz CT molecular complexity index is 800. The van der Waals surface area contributed by atoms with Crippen LogP contribution in [0.2, 0.25) is 5.28 Å². The monoisotopic (exact) mass is 289 g/mol. The first kappa shape index (κ1) is 12.6. The summed E-state index contributed by atoms with van der Waals surface area (Å²) in [5.74, 6) is -0.831. The summed E-state index contributed by atoms with van der Waals surface area (Å²) in [5, 5.41) is 2.98. The van der Waals surface area contributed by atoms with E-state index in [2.05, 4.69) is 15.3 Å². The molecule has 0 bridgehead atoms. The lowest BCUT2D eigenvalue weighted by Crippen LogP contribution is -2.11. The van der Waals surface area contributed by atoms with Gasteiger partial charge in [0.15, 0.2) is 0 Å². The zero-order valence-corrected chi connectivity index (χ0v) is 10.9. The van der Waals surface area contributed by atoms with Crippen LogP contribution in [0.5, 0.6) is 0 Å². The number of halogens is 2. The van der Waals surface area contributed by atoms with Crippen LogP contribution in [0.1, 0.15) is 10.4 Å². The zero-order valence-electron chi connectivity index (χ0n) is 10.2. The second-order valence-corrected chi connectivity index (χ2v) is 4.58. The number of hydrogen-bond acceptors (Lipinski definition) is 2. The van der Waals surface area contributed by atoms with Crippen molar-refractivity contribution in [2.45, 2.75) is 0 Å². The van der Waals surface area contributed by atoms with Gasteiger partial charge in [0.25, 0.3) is 5.91 Å². The van der Waals surface area contributed by atoms with Crippen LogP contribution in [0.4, 0.5) is 10.1 Å². The number of imidazole rings is 1. The topological polar surface area (TPSA) is 57.8 Å². The van der Waals surface area contributed by atoms with Gasteiger partial charge in [0.2, 0.25) is 5.28 Å². The third kappa shape index (κ3) is 2.48. The zero-order chi connectivity index (χ0) is 14.1. The summed E-state index contributed by atoms with van der Waals surface area (Å²) in [6.45, 7) is 0. The number of aromatic amines is 1. The van der Waals surface area contributed by atoms with Crippen molar-refractivity contribution >= 4 is 34.2 Å². The molecule has 100 valence electrons. The van der Waals surface area contributed by atoms with E-state index in [-0.39, 0.29) is 16.8 Å². The summed E-state index contributed by atoms with van der Waals surface area (Å²) in [7, 11) is 0. The fourth-order valence-corrected chi connectivity index (χ4v) is 2.08. The highest BCUT2D eigenvalue weighted by molar-refractivity contribution is 6.29. The molecule has 0 unspecified atom stereocenters. The molecule has 4 nitrogen and oxygen atoms in total. The average molecular weight is 290 g/mol. The van der Waals surface area contributed by atoms with E-state index in [1.165, 1.54) is 18.2 Å². The van der Waals surface area contributed by atoms with Crippen LogP contribution in [0.3, 0.4) is 0 Å². The van der Waals surface area contributed by atoms with Crippen molar-refractivity contribution in [1.29, 1.82) is 0 Å². The standard InChI is InChI=1S/C14H9ClFN3O/c15-14-18-11-5-4-10(7-12(11)19-14)17-13(20)8-2-1-3-9(16)6-8/h1-7H,(H,17,20)(H,18,19). The van der Waals surface area contributed by atoms with E-state index in [0.717, 1.165) is 0 Å². The van der Waals surface area contributed by atoms with Gasteiger partial charge in [0, 0.05) is 11.3 Å². The van der Waals surface area contributed by atoms with Gasteiger partial charge >= 0.3 is 0 Å². The molecule has 1 amide bonds. The Balaban J connectivity index is 1.87. The summed E-state index contributed by atoms with van der Waals surface area (Å²) in [6, 6.07) is 10.7. The van der Waals surface area contributed by atoms with Gasteiger partial charge in [0.05, 0.1) is 11.0 Å². The second-order valence-electron chi connectivity index (χ2n) is 4.22. The minimum atomic E-state index is -0.451. The van der Waals surface area contributed by atoms with E-state index in [0.29, 0.717) is 16.7 Å². The van der Waals surface area contributed by atoms with Crippen molar-refractivity contribution in [2.75, 3.05) is 5.32 Å². The molecule has 0 aliphatic heterocycles. The maximum atomic E-state index is 13.1. The molecule has 1 aromatic heterocycles. The average Bonchev–Trinajstić information content (AvgIpc) is 2.78. The molecule has 0 aliphatic carbocycles. The van der Waals surface area contributed by atoms with Crippen LogP contribution in [0.25, 0.3) is 11.0 Å². The minimum Gasteiger partial charge on any atom is -0.329 e. The predicted molar refractivity (Wildman–Crippen MR) is 75.5 cm³/mol. The summed E-state index contributed by atoms with van der Waals surface area (Å²) in [4.78, 5) is 18.9. The second kappa shape index (κ2) is 4.94. The number of aromatic nitrogens is 2. The third-order valence-electron chi connectivity index (χ3n) is 2.80. The first-order valence-corrected chi connectivity index (χ1v) is 6.22. The van der Waals surface area contributed by atoms with Gasteiger partial charge in [0.1, 0.15) is 5.82 Å². The van der Waals surface area contributed by atoms with Crippen molar-refractivity contribution in [3.05, 3.63) is 59.1 Å². The van der Waals surface area contributed by atoms with E-state index in [1.807, 2.05) is 0 Å². The van der Waals surface area contributed by atoms with E-state index >= 15 is 0 Å². The molecule has 3 rings (SSSR count). The van der Waals surface area contributed by atoms with Crippen molar-refractivity contribution in [2.24, 2.45) is 0 Å². The Labute approximate surface area is 118 Å². The molecular formula is C14H9ClFN3O. The molecule has 0 fully saturated rings. The van der Waals surface area contributed by atoms with Crippen molar-refractivity contribution in [1.82, 2.24) is 9.97 Å². The summed E-state index contributed by atoms with van der Waals surface area (Å²) in [5.41, 5.74) is 2.26. The number of H-pyrrole nitrogens is 1. The Morgan fingerprint density at radius 3 is 2.90 bits per heavy atom. The molecule has 2 aromatic carbocycles. The van der Waals surface area contributed by atoms with Crippen LogP contribution >= 0.6 is 11.6 Å². The first-order chi connectivity index (χ1) is 9.61. The number of benzene rings is 2. The lowest BCUT2D eigenvalue weighted by molar-refractivity contribution is 0.102. The molecule has 0 atom stereocenters. The summed E-state index contributed by atoms with van der Waals surface area (Å²) >= 11 is 5.76. The molecule has 20 heavy (non-hydrogen) atoms. The number of amides is 1. The molecular weight excluding hydrogens is 281 g/mol. The van der Waals surface area contributed by atoms with Crippen LogP contribution in [-0.4, -0.2) is 15.9 Å². The number of rotatable bonds is 2. The van der Waals surface area contributed by atoms with E-state index in [1.54, 1.807) is 24.3 Å². The highest BCUT2D eigenvalue weighted by atomic mass is 35.5. The fourth-order valence-electron chi connectivity index (χ4n) is 1.89.